The molecule has 20 heavy (non-hydrogen) atoms. The molecule has 0 aliphatic heterocycles. The molecule has 4 nitrogen and oxygen atoms in total. The van der Waals surface area contributed by atoms with Gasteiger partial charge in [-0.05, 0) is 46.3 Å². The van der Waals surface area contributed by atoms with Crippen molar-refractivity contribution in [3.8, 4) is 0 Å². The molecule has 7 heteroatoms. The molecular weight excluding hydrogens is 364 g/mol. The van der Waals surface area contributed by atoms with Crippen LogP contribution in [0.3, 0.4) is 0 Å². The fourth-order valence-electron chi connectivity index (χ4n) is 1.52. The summed E-state index contributed by atoms with van der Waals surface area (Å²) in [6.07, 6.45) is 0. The quantitative estimate of drug-likeness (QED) is 0.839. The van der Waals surface area contributed by atoms with Gasteiger partial charge in [0.2, 0.25) is 5.91 Å². The molecule has 0 saturated heterocycles. The summed E-state index contributed by atoms with van der Waals surface area (Å²) in [5.41, 5.74) is 1.02. The summed E-state index contributed by atoms with van der Waals surface area (Å²) in [5, 5.41) is 5.76. The van der Waals surface area contributed by atoms with Crippen LogP contribution in [0, 0.1) is 0 Å². The molecule has 2 aromatic rings. The first-order chi connectivity index (χ1) is 9.45. The fraction of sp³-hybridized carbons (Fsp3) is 0.0769. The maximum absolute atomic E-state index is 12.0. The highest BCUT2D eigenvalue weighted by molar-refractivity contribution is 9.11. The van der Waals surface area contributed by atoms with Gasteiger partial charge in [0.25, 0.3) is 5.91 Å². The molecular formula is C13H10BrClN2O2S. The van der Waals surface area contributed by atoms with Crippen LogP contribution in [0.2, 0.25) is 5.02 Å². The summed E-state index contributed by atoms with van der Waals surface area (Å²) in [5.74, 6) is -0.436. The second-order valence-corrected chi connectivity index (χ2v) is 6.80. The predicted molar refractivity (Wildman–Crippen MR) is 85.7 cm³/mol. The molecule has 2 N–H and O–H groups in total. The highest BCUT2D eigenvalue weighted by atomic mass is 79.9. The first-order valence-electron chi connectivity index (χ1n) is 5.59. The molecule has 0 fully saturated rings. The van der Waals surface area contributed by atoms with Crippen molar-refractivity contribution in [2.75, 3.05) is 10.6 Å². The summed E-state index contributed by atoms with van der Waals surface area (Å²) >= 11 is 10.7. The monoisotopic (exact) mass is 372 g/mol. The molecule has 0 spiro atoms. The lowest BCUT2D eigenvalue weighted by molar-refractivity contribution is -0.114. The van der Waals surface area contributed by atoms with Crippen LogP contribution in [0.25, 0.3) is 0 Å². The fourth-order valence-corrected chi connectivity index (χ4v) is 2.97. The van der Waals surface area contributed by atoms with Gasteiger partial charge in [-0.3, -0.25) is 9.59 Å². The molecule has 104 valence electrons. The SMILES string of the molecule is CC(=O)Nc1ccc(Cl)c(NC(=O)c2ccc(Br)s2)c1. The lowest BCUT2D eigenvalue weighted by Crippen LogP contribution is -2.11. The topological polar surface area (TPSA) is 58.2 Å². The van der Waals surface area contributed by atoms with Gasteiger partial charge in [0.1, 0.15) is 0 Å². The van der Waals surface area contributed by atoms with Gasteiger partial charge in [-0.25, -0.2) is 0 Å². The normalized spacial score (nSPS) is 10.2. The average molecular weight is 374 g/mol. The molecule has 0 bridgehead atoms. The van der Waals surface area contributed by atoms with Gasteiger partial charge in [-0.2, -0.15) is 0 Å². The van der Waals surface area contributed by atoms with E-state index in [0.29, 0.717) is 21.3 Å². The Balaban J connectivity index is 2.19. The Hall–Kier alpha value is -1.37. The molecule has 0 atom stereocenters. The Labute approximate surface area is 133 Å². The third-order valence-corrected chi connectivity index (χ3v) is 4.28. The standard InChI is InChI=1S/C13H10BrClN2O2S/c1-7(18)16-8-2-3-9(15)10(6-8)17-13(19)11-4-5-12(14)20-11/h2-6H,1H3,(H,16,18)(H,17,19). The van der Waals surface area contributed by atoms with E-state index < -0.39 is 0 Å². The van der Waals surface area contributed by atoms with E-state index in [1.807, 2.05) is 0 Å². The Morgan fingerprint density at radius 1 is 1.20 bits per heavy atom. The molecule has 2 rings (SSSR count). The van der Waals surface area contributed by atoms with Gasteiger partial charge in [0.15, 0.2) is 0 Å². The lowest BCUT2D eigenvalue weighted by atomic mass is 10.2. The van der Waals surface area contributed by atoms with E-state index in [1.165, 1.54) is 18.3 Å². The number of carbonyl (C=O) groups is 2. The van der Waals surface area contributed by atoms with E-state index in [0.717, 1.165) is 3.79 Å². The molecule has 0 aliphatic rings. The zero-order valence-electron chi connectivity index (χ0n) is 10.4. The van der Waals surface area contributed by atoms with E-state index in [9.17, 15) is 9.59 Å². The van der Waals surface area contributed by atoms with E-state index in [1.54, 1.807) is 30.3 Å². The Morgan fingerprint density at radius 3 is 2.55 bits per heavy atom. The van der Waals surface area contributed by atoms with Gasteiger partial charge >= 0.3 is 0 Å². The average Bonchev–Trinajstić information content (AvgIpc) is 2.79. The number of carbonyl (C=O) groups excluding carboxylic acids is 2. The van der Waals surface area contributed by atoms with Crippen LogP contribution in [0.5, 0.6) is 0 Å². The number of anilines is 2. The maximum Gasteiger partial charge on any atom is 0.265 e. The minimum Gasteiger partial charge on any atom is -0.326 e. The van der Waals surface area contributed by atoms with Gasteiger partial charge in [-0.1, -0.05) is 11.6 Å². The highest BCUT2D eigenvalue weighted by Crippen LogP contribution is 2.28. The Kier molecular flexibility index (Phi) is 4.80. The minimum atomic E-state index is -0.248. The number of benzene rings is 1. The summed E-state index contributed by atoms with van der Waals surface area (Å²) in [6.45, 7) is 1.41. The van der Waals surface area contributed by atoms with Gasteiger partial charge in [-0.15, -0.1) is 11.3 Å². The highest BCUT2D eigenvalue weighted by Gasteiger charge is 2.11. The van der Waals surface area contributed by atoms with Crippen molar-refractivity contribution in [2.24, 2.45) is 0 Å². The van der Waals surface area contributed by atoms with E-state index in [-0.39, 0.29) is 11.8 Å². The molecule has 0 unspecified atom stereocenters. The van der Waals surface area contributed by atoms with Crippen LogP contribution in [-0.4, -0.2) is 11.8 Å². The smallest absolute Gasteiger partial charge is 0.265 e. The van der Waals surface area contributed by atoms with Crippen LogP contribution >= 0.6 is 38.9 Å². The van der Waals surface area contributed by atoms with E-state index in [4.69, 9.17) is 11.6 Å². The molecule has 1 aromatic heterocycles. The zero-order chi connectivity index (χ0) is 14.7. The minimum absolute atomic E-state index is 0.188. The second-order valence-electron chi connectivity index (χ2n) is 3.93. The lowest BCUT2D eigenvalue weighted by Gasteiger charge is -2.09. The maximum atomic E-state index is 12.0. The third-order valence-electron chi connectivity index (χ3n) is 2.33. The van der Waals surface area contributed by atoms with Crippen LogP contribution in [0.1, 0.15) is 16.6 Å². The Bertz CT molecular complexity index is 672. The van der Waals surface area contributed by atoms with Crippen molar-refractivity contribution < 1.29 is 9.59 Å². The molecule has 0 radical (unpaired) electrons. The summed E-state index contributed by atoms with van der Waals surface area (Å²) in [4.78, 5) is 23.6. The van der Waals surface area contributed by atoms with E-state index in [2.05, 4.69) is 26.6 Å². The van der Waals surface area contributed by atoms with Crippen molar-refractivity contribution in [2.45, 2.75) is 6.92 Å². The number of nitrogens with one attached hydrogen (secondary N) is 2. The van der Waals surface area contributed by atoms with Crippen molar-refractivity contribution >= 4 is 62.1 Å². The number of rotatable bonds is 3. The summed E-state index contributed by atoms with van der Waals surface area (Å²) in [7, 11) is 0. The van der Waals surface area contributed by atoms with Crippen LogP contribution in [-0.2, 0) is 4.79 Å². The van der Waals surface area contributed by atoms with Crippen molar-refractivity contribution in [3.63, 3.8) is 0 Å². The Morgan fingerprint density at radius 2 is 1.95 bits per heavy atom. The number of amides is 2. The molecule has 1 heterocycles. The van der Waals surface area contributed by atoms with Gasteiger partial charge in [0.05, 0.1) is 19.4 Å². The zero-order valence-corrected chi connectivity index (χ0v) is 13.5. The molecule has 0 aliphatic carbocycles. The molecule has 0 saturated carbocycles. The number of hydrogen-bond acceptors (Lipinski definition) is 3. The van der Waals surface area contributed by atoms with Crippen molar-refractivity contribution in [1.82, 2.24) is 0 Å². The van der Waals surface area contributed by atoms with Crippen molar-refractivity contribution in [1.29, 1.82) is 0 Å². The number of hydrogen-bond donors (Lipinski definition) is 2. The predicted octanol–water partition coefficient (Wildman–Crippen LogP) is 4.37. The van der Waals surface area contributed by atoms with Crippen molar-refractivity contribution in [3.05, 3.63) is 44.0 Å². The van der Waals surface area contributed by atoms with Crippen LogP contribution in [0.4, 0.5) is 11.4 Å². The first-order valence-corrected chi connectivity index (χ1v) is 7.58. The molecule has 1 aromatic carbocycles. The summed E-state index contributed by atoms with van der Waals surface area (Å²) < 4.78 is 0.876. The van der Waals surface area contributed by atoms with Gasteiger partial charge in [0, 0.05) is 12.6 Å². The third kappa shape index (κ3) is 3.82. The van der Waals surface area contributed by atoms with Crippen LogP contribution < -0.4 is 10.6 Å². The number of halogens is 2. The number of thiophene rings is 1. The van der Waals surface area contributed by atoms with Gasteiger partial charge < -0.3 is 10.6 Å². The van der Waals surface area contributed by atoms with E-state index >= 15 is 0 Å². The second kappa shape index (κ2) is 6.39. The summed E-state index contributed by atoms with van der Waals surface area (Å²) in [6, 6.07) is 8.42. The van der Waals surface area contributed by atoms with Crippen LogP contribution in [0.15, 0.2) is 34.1 Å². The first kappa shape index (κ1) is 15.0. The largest absolute Gasteiger partial charge is 0.326 e. The molecule has 2 amide bonds.